The van der Waals surface area contributed by atoms with E-state index in [1.807, 2.05) is 0 Å². The Morgan fingerprint density at radius 1 is 1.28 bits per heavy atom. The van der Waals surface area contributed by atoms with Crippen molar-refractivity contribution in [2.45, 2.75) is 36.3 Å². The maximum atomic E-state index is 12.7. The zero-order chi connectivity index (χ0) is 17.4. The Balaban J connectivity index is 1.52. The number of nitrogens with one attached hydrogen (secondary N) is 2. The van der Waals surface area contributed by atoms with Crippen molar-refractivity contribution in [1.82, 2.24) is 9.71 Å². The number of oxazole rings is 1. The van der Waals surface area contributed by atoms with Gasteiger partial charge in [-0.05, 0) is 37.3 Å². The Morgan fingerprint density at radius 2 is 2.12 bits per heavy atom. The van der Waals surface area contributed by atoms with E-state index in [0.717, 1.165) is 0 Å². The van der Waals surface area contributed by atoms with Crippen LogP contribution >= 0.6 is 0 Å². The summed E-state index contributed by atoms with van der Waals surface area (Å²) in [4.78, 5) is 13.7. The minimum Gasteiger partial charge on any atom is -0.408 e. The van der Waals surface area contributed by atoms with Crippen LogP contribution in [-0.2, 0) is 19.5 Å². The van der Waals surface area contributed by atoms with Gasteiger partial charge in [0.1, 0.15) is 0 Å². The number of aromatic nitrogens is 1. The maximum Gasteiger partial charge on any atom is 0.417 e. The lowest BCUT2D eigenvalue weighted by Gasteiger charge is -2.31. The molecule has 8 nitrogen and oxygen atoms in total. The number of hydrogen-bond donors (Lipinski definition) is 2. The summed E-state index contributed by atoms with van der Waals surface area (Å²) in [5, 5.41) is 0. The van der Waals surface area contributed by atoms with Crippen molar-refractivity contribution in [2.24, 2.45) is 5.92 Å². The third-order valence-electron chi connectivity index (χ3n) is 4.55. The number of rotatable bonds is 6. The van der Waals surface area contributed by atoms with Crippen LogP contribution in [0, 0.1) is 5.92 Å². The predicted octanol–water partition coefficient (Wildman–Crippen LogP) is 0.984. The highest BCUT2D eigenvalue weighted by Gasteiger charge is 2.33. The Morgan fingerprint density at radius 3 is 2.92 bits per heavy atom. The zero-order valence-electron chi connectivity index (χ0n) is 13.6. The largest absolute Gasteiger partial charge is 0.417 e. The van der Waals surface area contributed by atoms with Gasteiger partial charge in [-0.15, -0.1) is 0 Å². The molecular formula is C16H20N2O6S. The van der Waals surface area contributed by atoms with E-state index in [-0.39, 0.29) is 23.2 Å². The van der Waals surface area contributed by atoms with Gasteiger partial charge in [-0.25, -0.2) is 17.9 Å². The first kappa shape index (κ1) is 16.8. The van der Waals surface area contributed by atoms with Crippen LogP contribution in [0.25, 0.3) is 11.1 Å². The third kappa shape index (κ3) is 3.79. The van der Waals surface area contributed by atoms with Gasteiger partial charge in [0.25, 0.3) is 0 Å². The van der Waals surface area contributed by atoms with Crippen LogP contribution in [0.15, 0.2) is 32.3 Å². The number of fused-ring (bicyclic) bond motifs is 1. The van der Waals surface area contributed by atoms with Crippen LogP contribution in [-0.4, -0.2) is 45.4 Å². The molecule has 2 heterocycles. The molecule has 2 aliphatic rings. The summed E-state index contributed by atoms with van der Waals surface area (Å²) < 4.78 is 44.3. The number of H-pyrrole nitrogens is 1. The Labute approximate surface area is 144 Å². The fraction of sp³-hybridized carbons (Fsp3) is 0.562. The molecule has 9 heteroatoms. The van der Waals surface area contributed by atoms with Crippen LogP contribution in [0.2, 0.25) is 0 Å². The smallest absolute Gasteiger partial charge is 0.408 e. The number of aromatic amines is 1. The lowest BCUT2D eigenvalue weighted by Crippen LogP contribution is -2.50. The first-order valence-corrected chi connectivity index (χ1v) is 9.84. The molecule has 1 aromatic carbocycles. The standard InChI is InChI=1S/C16H20N2O6S/c19-16-17-12-4-3-11(7-15(12)24-16)25(20,21)18-13-9-22-6-5-14(13)23-8-10-1-2-10/h3-4,7,10,13-14,18H,1-2,5-6,8-9H2,(H,17,19)/t13-,14+/m1/s1. The summed E-state index contributed by atoms with van der Waals surface area (Å²) >= 11 is 0. The first-order chi connectivity index (χ1) is 12.0. The van der Waals surface area contributed by atoms with Gasteiger partial charge in [-0.2, -0.15) is 0 Å². The molecule has 25 heavy (non-hydrogen) atoms. The molecule has 2 atom stereocenters. The highest BCUT2D eigenvalue weighted by molar-refractivity contribution is 7.89. The Hall–Kier alpha value is -1.68. The minimum absolute atomic E-state index is 0.0364. The van der Waals surface area contributed by atoms with Crippen LogP contribution in [0.4, 0.5) is 0 Å². The molecule has 0 radical (unpaired) electrons. The van der Waals surface area contributed by atoms with E-state index in [2.05, 4.69) is 9.71 Å². The van der Waals surface area contributed by atoms with Gasteiger partial charge in [0.15, 0.2) is 5.58 Å². The van der Waals surface area contributed by atoms with Crippen LogP contribution in [0.3, 0.4) is 0 Å². The first-order valence-electron chi connectivity index (χ1n) is 8.36. The zero-order valence-corrected chi connectivity index (χ0v) is 14.4. The molecule has 0 amide bonds. The third-order valence-corrected chi connectivity index (χ3v) is 6.03. The van der Waals surface area contributed by atoms with E-state index < -0.39 is 21.8 Å². The molecule has 1 aromatic heterocycles. The molecule has 0 unspecified atom stereocenters. The van der Waals surface area contributed by atoms with E-state index in [4.69, 9.17) is 13.9 Å². The second kappa shape index (κ2) is 6.56. The van der Waals surface area contributed by atoms with Crippen molar-refractivity contribution < 1.29 is 22.3 Å². The van der Waals surface area contributed by atoms with Gasteiger partial charge in [-0.3, -0.25) is 4.98 Å². The molecule has 4 rings (SSSR count). The van der Waals surface area contributed by atoms with E-state index in [9.17, 15) is 13.2 Å². The second-order valence-corrected chi connectivity index (χ2v) is 8.29. The summed E-state index contributed by atoms with van der Waals surface area (Å²) in [7, 11) is -3.78. The number of hydrogen-bond acceptors (Lipinski definition) is 6. The van der Waals surface area contributed by atoms with Gasteiger partial charge in [0.2, 0.25) is 10.0 Å². The van der Waals surface area contributed by atoms with Gasteiger partial charge < -0.3 is 13.9 Å². The highest BCUT2D eigenvalue weighted by atomic mass is 32.2. The van der Waals surface area contributed by atoms with Crippen molar-refractivity contribution in [3.8, 4) is 0 Å². The number of sulfonamides is 1. The molecule has 0 spiro atoms. The second-order valence-electron chi connectivity index (χ2n) is 6.58. The quantitative estimate of drug-likeness (QED) is 0.786. The monoisotopic (exact) mass is 368 g/mol. The molecule has 2 fully saturated rings. The molecule has 1 saturated carbocycles. The molecule has 1 aliphatic carbocycles. The predicted molar refractivity (Wildman–Crippen MR) is 88.8 cm³/mol. The average molecular weight is 368 g/mol. The molecule has 2 aromatic rings. The molecular weight excluding hydrogens is 348 g/mol. The summed E-state index contributed by atoms with van der Waals surface area (Å²) in [6, 6.07) is 3.83. The van der Waals surface area contributed by atoms with Gasteiger partial charge in [-0.1, -0.05) is 0 Å². The lowest BCUT2D eigenvalue weighted by atomic mass is 10.1. The van der Waals surface area contributed by atoms with Crippen LogP contribution in [0.5, 0.6) is 0 Å². The summed E-state index contributed by atoms with van der Waals surface area (Å²) in [5.41, 5.74) is 0.657. The van der Waals surface area contributed by atoms with Gasteiger partial charge >= 0.3 is 5.76 Å². The molecule has 1 aliphatic heterocycles. The van der Waals surface area contributed by atoms with Gasteiger partial charge in [0.05, 0.1) is 29.2 Å². The van der Waals surface area contributed by atoms with E-state index in [1.165, 1.54) is 31.0 Å². The van der Waals surface area contributed by atoms with Crippen molar-refractivity contribution >= 4 is 21.1 Å². The fourth-order valence-corrected chi connectivity index (χ4v) is 4.20. The summed E-state index contributed by atoms with van der Waals surface area (Å²) in [5.74, 6) is -0.00859. The van der Waals surface area contributed by atoms with E-state index >= 15 is 0 Å². The lowest BCUT2D eigenvalue weighted by molar-refractivity contribution is -0.0533. The van der Waals surface area contributed by atoms with Crippen molar-refractivity contribution in [3.63, 3.8) is 0 Å². The Bertz CT molecular complexity index is 914. The molecule has 0 bridgehead atoms. The SMILES string of the molecule is O=c1[nH]c2ccc(S(=O)(=O)N[C@@H]3COCC[C@@H]3OCC3CC3)cc2o1. The van der Waals surface area contributed by atoms with Gasteiger partial charge in [0, 0.05) is 19.3 Å². The minimum atomic E-state index is -3.78. The van der Waals surface area contributed by atoms with E-state index in [1.54, 1.807) is 0 Å². The maximum absolute atomic E-state index is 12.7. The number of ether oxygens (including phenoxy) is 2. The molecule has 2 N–H and O–H groups in total. The van der Waals surface area contributed by atoms with Crippen LogP contribution in [0.1, 0.15) is 19.3 Å². The van der Waals surface area contributed by atoms with Crippen molar-refractivity contribution in [1.29, 1.82) is 0 Å². The van der Waals surface area contributed by atoms with Crippen molar-refractivity contribution in [2.75, 3.05) is 19.8 Å². The molecule has 136 valence electrons. The highest BCUT2D eigenvalue weighted by Crippen LogP contribution is 2.30. The Kier molecular flexibility index (Phi) is 4.40. The van der Waals surface area contributed by atoms with E-state index in [0.29, 0.717) is 31.1 Å². The summed E-state index contributed by atoms with van der Waals surface area (Å²) in [6.07, 6.45) is 2.83. The van der Waals surface area contributed by atoms with Crippen molar-refractivity contribution in [3.05, 3.63) is 28.7 Å². The number of benzene rings is 1. The normalized spacial score (nSPS) is 24.6. The topological polar surface area (TPSA) is 111 Å². The van der Waals surface area contributed by atoms with Crippen LogP contribution < -0.4 is 10.5 Å². The fourth-order valence-electron chi connectivity index (χ4n) is 2.93. The average Bonchev–Trinajstić information content (AvgIpc) is 3.32. The summed E-state index contributed by atoms with van der Waals surface area (Å²) in [6.45, 7) is 1.51. The molecule has 1 saturated heterocycles.